The van der Waals surface area contributed by atoms with Crippen molar-refractivity contribution >= 4 is 23.0 Å². The van der Waals surface area contributed by atoms with E-state index in [0.717, 1.165) is 21.4 Å². The van der Waals surface area contributed by atoms with E-state index >= 15 is 0 Å². The third-order valence-electron chi connectivity index (χ3n) is 4.71. The highest BCUT2D eigenvalue weighted by atomic mass is 16.5. The molecule has 0 radical (unpaired) electrons. The van der Waals surface area contributed by atoms with Crippen molar-refractivity contribution in [2.24, 2.45) is 0 Å². The fraction of sp³-hybridized carbons (Fsp3) is 0.476. The molecular weight excluding hydrogens is 360 g/mol. The summed E-state index contributed by atoms with van der Waals surface area (Å²) in [7, 11) is 0. The molecule has 0 aliphatic rings. The Hall–Kier alpha value is -2.67. The molecule has 152 valence electrons. The highest BCUT2D eigenvalue weighted by molar-refractivity contribution is 5.92. The molecule has 0 saturated carbocycles. The smallest absolute Gasteiger partial charge is 0.414 e. The molecule has 0 aliphatic heterocycles. The lowest BCUT2D eigenvalue weighted by atomic mass is 9.95. The summed E-state index contributed by atoms with van der Waals surface area (Å²) >= 11 is 0. The molecule has 0 fully saturated rings. The fourth-order valence-corrected chi connectivity index (χ4v) is 3.29. The van der Waals surface area contributed by atoms with E-state index in [-0.39, 0.29) is 13.2 Å². The van der Waals surface area contributed by atoms with Crippen LogP contribution in [0.2, 0.25) is 0 Å². The number of alkyl carbamates (subject to hydrolysis) is 1. The van der Waals surface area contributed by atoms with E-state index in [0.29, 0.717) is 24.6 Å². The number of amides is 2. The molecule has 2 rings (SSSR count). The van der Waals surface area contributed by atoms with Gasteiger partial charge in [0.25, 0.3) is 5.91 Å². The topological polar surface area (TPSA) is 90.0 Å². The first-order valence-corrected chi connectivity index (χ1v) is 9.62. The van der Waals surface area contributed by atoms with E-state index in [1.54, 1.807) is 6.92 Å². The summed E-state index contributed by atoms with van der Waals surface area (Å²) in [5.41, 5.74) is 3.24. The minimum atomic E-state index is -0.745. The van der Waals surface area contributed by atoms with E-state index in [9.17, 15) is 14.4 Å². The van der Waals surface area contributed by atoms with Crippen LogP contribution in [-0.2, 0) is 16.1 Å². The van der Waals surface area contributed by atoms with Gasteiger partial charge in [0, 0.05) is 17.0 Å². The van der Waals surface area contributed by atoms with E-state index in [1.165, 1.54) is 11.6 Å². The molecule has 1 atom stereocenters. The number of hydrogen-bond donors (Lipinski definition) is 2. The number of nitrogens with one attached hydrogen (secondary N) is 2. The first kappa shape index (κ1) is 21.6. The summed E-state index contributed by atoms with van der Waals surface area (Å²) in [5.74, 6) is -0.0737. The molecule has 1 unspecified atom stereocenters. The van der Waals surface area contributed by atoms with Crippen molar-refractivity contribution in [3.05, 3.63) is 45.3 Å². The molecule has 2 aromatic rings. The number of benzene rings is 1. The Labute approximate surface area is 164 Å². The minimum Gasteiger partial charge on any atom is -0.450 e. The third kappa shape index (κ3) is 5.42. The van der Waals surface area contributed by atoms with Crippen molar-refractivity contribution in [3.8, 4) is 0 Å². The van der Waals surface area contributed by atoms with Crippen LogP contribution < -0.4 is 15.8 Å². The van der Waals surface area contributed by atoms with Crippen molar-refractivity contribution in [2.45, 2.75) is 47.1 Å². The molecule has 28 heavy (non-hydrogen) atoms. The lowest BCUT2D eigenvalue weighted by Gasteiger charge is -2.18. The molecule has 0 aliphatic carbocycles. The minimum absolute atomic E-state index is 0.0972. The second-order valence-electron chi connectivity index (χ2n) is 7.18. The van der Waals surface area contributed by atoms with Gasteiger partial charge in [0.15, 0.2) is 6.54 Å². The number of carbonyl (C=O) groups is 2. The summed E-state index contributed by atoms with van der Waals surface area (Å²) in [6.45, 7) is 11.3. The number of imide groups is 1. The van der Waals surface area contributed by atoms with Gasteiger partial charge in [-0.25, -0.2) is 9.59 Å². The average molecular weight is 389 g/mol. The maximum absolute atomic E-state index is 12.1. The Morgan fingerprint density at radius 3 is 2.54 bits per heavy atom. The zero-order valence-electron chi connectivity index (χ0n) is 17.2. The van der Waals surface area contributed by atoms with Crippen LogP contribution in [0, 0.1) is 6.92 Å². The number of aryl methyl sites for hydroxylation is 1. The zero-order chi connectivity index (χ0) is 20.8. The Morgan fingerprint density at radius 2 is 1.93 bits per heavy atom. The van der Waals surface area contributed by atoms with Gasteiger partial charge in [0.2, 0.25) is 0 Å². The van der Waals surface area contributed by atoms with Gasteiger partial charge in [-0.2, -0.15) is 0 Å². The number of fused-ring (bicyclic) bond motifs is 1. The molecular formula is C21H29N2O5+. The SMILES string of the molecule is CCOC(=O)NC(=O)C[NH+](CC)Cc1cc(=O)oc2cc(C)c(C(C)C)cc12. The zero-order valence-corrected chi connectivity index (χ0v) is 17.2. The Kier molecular flexibility index (Phi) is 7.34. The molecule has 0 saturated heterocycles. The molecule has 2 amide bonds. The van der Waals surface area contributed by atoms with Crippen molar-refractivity contribution in [3.63, 3.8) is 0 Å². The highest BCUT2D eigenvalue weighted by Crippen LogP contribution is 2.26. The van der Waals surface area contributed by atoms with Crippen molar-refractivity contribution < 1.29 is 23.6 Å². The van der Waals surface area contributed by atoms with Gasteiger partial charge in [0.05, 0.1) is 13.2 Å². The van der Waals surface area contributed by atoms with Crippen LogP contribution in [0.4, 0.5) is 4.79 Å². The number of quaternary nitrogens is 1. The quantitative estimate of drug-likeness (QED) is 0.706. The third-order valence-corrected chi connectivity index (χ3v) is 4.71. The molecule has 0 spiro atoms. The lowest BCUT2D eigenvalue weighted by molar-refractivity contribution is -0.904. The first-order valence-electron chi connectivity index (χ1n) is 9.62. The molecule has 1 heterocycles. The van der Waals surface area contributed by atoms with Gasteiger partial charge in [0.1, 0.15) is 12.1 Å². The molecule has 0 bridgehead atoms. The van der Waals surface area contributed by atoms with Crippen molar-refractivity contribution in [2.75, 3.05) is 19.7 Å². The highest BCUT2D eigenvalue weighted by Gasteiger charge is 2.19. The summed E-state index contributed by atoms with van der Waals surface area (Å²) in [6.07, 6.45) is -0.745. The normalized spacial score (nSPS) is 12.2. The van der Waals surface area contributed by atoms with Crippen LogP contribution in [-0.4, -0.2) is 31.7 Å². The molecule has 7 heteroatoms. The van der Waals surface area contributed by atoms with Gasteiger partial charge >= 0.3 is 11.7 Å². The Bertz CT molecular complexity index is 917. The van der Waals surface area contributed by atoms with Gasteiger partial charge < -0.3 is 14.1 Å². The number of rotatable bonds is 7. The monoisotopic (exact) mass is 389 g/mol. The van der Waals surface area contributed by atoms with Gasteiger partial charge in [-0.15, -0.1) is 0 Å². The van der Waals surface area contributed by atoms with E-state index < -0.39 is 17.6 Å². The number of ether oxygens (including phenoxy) is 1. The molecule has 1 aromatic heterocycles. The summed E-state index contributed by atoms with van der Waals surface area (Å²) in [4.78, 5) is 36.5. The van der Waals surface area contributed by atoms with Crippen LogP contribution in [0.15, 0.2) is 27.4 Å². The fourth-order valence-electron chi connectivity index (χ4n) is 3.29. The summed E-state index contributed by atoms with van der Waals surface area (Å²) in [6, 6.07) is 5.45. The van der Waals surface area contributed by atoms with Gasteiger partial charge in [-0.1, -0.05) is 13.8 Å². The standard InChI is InChI=1S/C21H28N2O5/c1-6-23(12-19(24)22-21(26)27-7-2)11-15-9-20(25)28-18-8-14(5)16(13(3)4)10-17(15)18/h8-10,13H,6-7,11-12H2,1-5H3,(H,22,24,26)/p+1. The number of likely N-dealkylation sites (N-methyl/N-ethyl adjacent to an activating group) is 1. The van der Waals surface area contributed by atoms with E-state index in [2.05, 4.69) is 25.2 Å². The Balaban J connectivity index is 2.30. The largest absolute Gasteiger partial charge is 0.450 e. The van der Waals surface area contributed by atoms with Crippen LogP contribution in [0.1, 0.15) is 50.3 Å². The first-order chi connectivity index (χ1) is 13.2. The maximum atomic E-state index is 12.1. The predicted molar refractivity (Wildman–Crippen MR) is 107 cm³/mol. The maximum Gasteiger partial charge on any atom is 0.414 e. The van der Waals surface area contributed by atoms with Crippen molar-refractivity contribution in [1.82, 2.24) is 5.32 Å². The predicted octanol–water partition coefficient (Wildman–Crippen LogP) is 1.90. The molecule has 1 aromatic carbocycles. The lowest BCUT2D eigenvalue weighted by Crippen LogP contribution is -3.11. The molecule has 2 N–H and O–H groups in total. The van der Waals surface area contributed by atoms with Crippen LogP contribution >= 0.6 is 0 Å². The average Bonchev–Trinajstić information content (AvgIpc) is 2.60. The second-order valence-corrected chi connectivity index (χ2v) is 7.18. The van der Waals surface area contributed by atoms with Gasteiger partial charge in [-0.3, -0.25) is 10.1 Å². The number of carbonyl (C=O) groups excluding carboxylic acids is 2. The van der Waals surface area contributed by atoms with Crippen LogP contribution in [0.5, 0.6) is 0 Å². The summed E-state index contributed by atoms with van der Waals surface area (Å²) in [5, 5.41) is 3.09. The van der Waals surface area contributed by atoms with Crippen LogP contribution in [0.3, 0.4) is 0 Å². The second kappa shape index (κ2) is 9.50. The van der Waals surface area contributed by atoms with Crippen molar-refractivity contribution in [1.29, 1.82) is 0 Å². The van der Waals surface area contributed by atoms with E-state index in [4.69, 9.17) is 9.15 Å². The van der Waals surface area contributed by atoms with Gasteiger partial charge in [-0.05, 0) is 49.9 Å². The number of hydrogen-bond acceptors (Lipinski definition) is 5. The van der Waals surface area contributed by atoms with E-state index in [1.807, 2.05) is 19.9 Å². The molecule has 7 nitrogen and oxygen atoms in total. The Morgan fingerprint density at radius 1 is 1.21 bits per heavy atom. The summed E-state index contributed by atoms with van der Waals surface area (Å²) < 4.78 is 10.1. The van der Waals surface area contributed by atoms with Crippen LogP contribution in [0.25, 0.3) is 11.0 Å².